The van der Waals surface area contributed by atoms with E-state index >= 15 is 0 Å². The monoisotopic (exact) mass is 317 g/mol. The third-order valence-electron chi connectivity index (χ3n) is 5.93. The third-order valence-corrected chi connectivity index (χ3v) is 5.93. The summed E-state index contributed by atoms with van der Waals surface area (Å²) in [4.78, 5) is 11.8. The molecule has 1 saturated heterocycles. The molecule has 3 aliphatic rings. The zero-order chi connectivity index (χ0) is 16.0. The summed E-state index contributed by atoms with van der Waals surface area (Å²) in [5.74, 6) is 2.67. The number of aryl methyl sites for hydroxylation is 1. The molecule has 0 radical (unpaired) electrons. The first-order chi connectivity index (χ1) is 11.1. The molecule has 23 heavy (non-hydrogen) atoms. The molecule has 1 spiro atoms. The quantitative estimate of drug-likeness (QED) is 0.924. The van der Waals surface area contributed by atoms with Gasteiger partial charge < -0.3 is 14.7 Å². The second-order valence-electron chi connectivity index (χ2n) is 7.42. The Morgan fingerprint density at radius 3 is 2.65 bits per heavy atom. The van der Waals surface area contributed by atoms with Crippen molar-refractivity contribution in [3.63, 3.8) is 0 Å². The Morgan fingerprint density at radius 2 is 2.04 bits per heavy atom. The Morgan fingerprint density at radius 1 is 1.30 bits per heavy atom. The Bertz CT molecular complexity index is 578. The van der Waals surface area contributed by atoms with E-state index in [1.165, 1.54) is 12.8 Å². The molecule has 1 N–H and O–H groups in total. The van der Waals surface area contributed by atoms with Gasteiger partial charge >= 0.3 is 0 Å². The first kappa shape index (κ1) is 15.3. The van der Waals surface area contributed by atoms with Crippen molar-refractivity contribution in [2.75, 3.05) is 24.6 Å². The zero-order valence-corrected chi connectivity index (χ0v) is 14.2. The van der Waals surface area contributed by atoms with Gasteiger partial charge in [0.2, 0.25) is 0 Å². The summed E-state index contributed by atoms with van der Waals surface area (Å²) in [5.41, 5.74) is 1.04. The summed E-state index contributed by atoms with van der Waals surface area (Å²) in [7, 11) is 0. The van der Waals surface area contributed by atoms with Crippen LogP contribution < -0.4 is 4.90 Å². The summed E-state index contributed by atoms with van der Waals surface area (Å²) in [6, 6.07) is 2.10. The molecule has 2 saturated carbocycles. The molecular formula is C18H27N3O2. The highest BCUT2D eigenvalue weighted by atomic mass is 16.5. The van der Waals surface area contributed by atoms with E-state index in [1.54, 1.807) is 0 Å². The minimum absolute atomic E-state index is 0.0199. The van der Waals surface area contributed by atoms with Gasteiger partial charge in [0.1, 0.15) is 11.6 Å². The van der Waals surface area contributed by atoms with Crippen molar-refractivity contribution in [2.24, 2.45) is 5.41 Å². The SMILES string of the molecule is CCO[C@@H]1C[C@H](O)C12CCN(c1cc(C)nc(C3CC3)n1)CC2. The lowest BCUT2D eigenvalue weighted by atomic mass is 9.58. The van der Waals surface area contributed by atoms with Crippen LogP contribution in [0.1, 0.15) is 56.5 Å². The van der Waals surface area contributed by atoms with Gasteiger partial charge in [-0.1, -0.05) is 0 Å². The maximum Gasteiger partial charge on any atom is 0.134 e. The summed E-state index contributed by atoms with van der Waals surface area (Å²) in [5, 5.41) is 10.3. The van der Waals surface area contributed by atoms with E-state index < -0.39 is 0 Å². The molecule has 5 heteroatoms. The predicted molar refractivity (Wildman–Crippen MR) is 88.7 cm³/mol. The van der Waals surface area contributed by atoms with Gasteiger partial charge in [-0.3, -0.25) is 0 Å². The number of nitrogens with zero attached hydrogens (tertiary/aromatic N) is 3. The number of hydrogen-bond acceptors (Lipinski definition) is 5. The van der Waals surface area contributed by atoms with Crippen molar-refractivity contribution in [2.45, 2.75) is 64.1 Å². The molecule has 3 fully saturated rings. The van der Waals surface area contributed by atoms with Crippen LogP contribution in [0.5, 0.6) is 0 Å². The smallest absolute Gasteiger partial charge is 0.134 e. The highest BCUT2D eigenvalue weighted by molar-refractivity contribution is 5.41. The van der Waals surface area contributed by atoms with Crippen LogP contribution in [0.2, 0.25) is 0 Å². The normalized spacial score (nSPS) is 29.6. The van der Waals surface area contributed by atoms with Gasteiger partial charge in [-0.2, -0.15) is 0 Å². The van der Waals surface area contributed by atoms with Crippen LogP contribution >= 0.6 is 0 Å². The van der Waals surface area contributed by atoms with E-state index in [2.05, 4.69) is 22.9 Å². The van der Waals surface area contributed by atoms with E-state index in [0.717, 1.165) is 56.3 Å². The summed E-state index contributed by atoms with van der Waals surface area (Å²) in [6.07, 6.45) is 5.27. The second-order valence-corrected chi connectivity index (χ2v) is 7.42. The number of rotatable bonds is 4. The van der Waals surface area contributed by atoms with Gasteiger partial charge in [-0.25, -0.2) is 9.97 Å². The Balaban J connectivity index is 1.47. The molecule has 2 aliphatic carbocycles. The lowest BCUT2D eigenvalue weighted by Crippen LogP contribution is -2.62. The van der Waals surface area contributed by atoms with Gasteiger partial charge in [0, 0.05) is 49.2 Å². The van der Waals surface area contributed by atoms with Crippen molar-refractivity contribution >= 4 is 5.82 Å². The lowest BCUT2D eigenvalue weighted by molar-refractivity contribution is -0.199. The van der Waals surface area contributed by atoms with Gasteiger partial charge in [-0.15, -0.1) is 0 Å². The van der Waals surface area contributed by atoms with Gasteiger partial charge in [0.05, 0.1) is 12.2 Å². The number of ether oxygens (including phenoxy) is 1. The van der Waals surface area contributed by atoms with E-state index in [1.807, 2.05) is 6.92 Å². The summed E-state index contributed by atoms with van der Waals surface area (Å²) >= 11 is 0. The number of aromatic nitrogens is 2. The molecule has 2 heterocycles. The average molecular weight is 317 g/mol. The fraction of sp³-hybridized carbons (Fsp3) is 0.778. The Hall–Kier alpha value is -1.20. The number of piperidine rings is 1. The second kappa shape index (κ2) is 5.71. The lowest BCUT2D eigenvalue weighted by Gasteiger charge is -2.56. The summed E-state index contributed by atoms with van der Waals surface area (Å²) in [6.45, 7) is 6.72. The van der Waals surface area contributed by atoms with Crippen molar-refractivity contribution in [1.29, 1.82) is 0 Å². The molecule has 126 valence electrons. The first-order valence-corrected chi connectivity index (χ1v) is 9.02. The molecule has 0 aromatic carbocycles. The predicted octanol–water partition coefficient (Wildman–Crippen LogP) is 2.42. The van der Waals surface area contributed by atoms with Crippen LogP contribution in [-0.2, 0) is 4.74 Å². The molecule has 4 rings (SSSR count). The van der Waals surface area contributed by atoms with E-state index in [0.29, 0.717) is 5.92 Å². The zero-order valence-electron chi connectivity index (χ0n) is 14.2. The maximum absolute atomic E-state index is 10.3. The van der Waals surface area contributed by atoms with E-state index in [4.69, 9.17) is 9.72 Å². The van der Waals surface area contributed by atoms with Gasteiger partial charge in [0.25, 0.3) is 0 Å². The van der Waals surface area contributed by atoms with Crippen molar-refractivity contribution in [3.8, 4) is 0 Å². The van der Waals surface area contributed by atoms with Crippen LogP contribution in [0.25, 0.3) is 0 Å². The van der Waals surface area contributed by atoms with Crippen LogP contribution in [0, 0.1) is 12.3 Å². The molecule has 0 amide bonds. The maximum atomic E-state index is 10.3. The van der Waals surface area contributed by atoms with Crippen LogP contribution in [0.3, 0.4) is 0 Å². The highest BCUT2D eigenvalue weighted by Gasteiger charge is 2.56. The molecule has 5 nitrogen and oxygen atoms in total. The van der Waals surface area contributed by atoms with Crippen LogP contribution in [0.15, 0.2) is 6.07 Å². The third kappa shape index (κ3) is 2.64. The standard InChI is InChI=1S/C18H27N3O2/c1-3-23-15-11-14(22)18(15)6-8-21(9-7-18)16-10-12(2)19-17(20-16)13-4-5-13/h10,13-15,22H,3-9,11H2,1-2H3/t14-,15+/m0/s1. The topological polar surface area (TPSA) is 58.5 Å². The number of anilines is 1. The van der Waals surface area contributed by atoms with Crippen molar-refractivity contribution in [3.05, 3.63) is 17.6 Å². The van der Waals surface area contributed by atoms with Crippen LogP contribution in [-0.4, -0.2) is 47.0 Å². The van der Waals surface area contributed by atoms with E-state index in [-0.39, 0.29) is 17.6 Å². The fourth-order valence-corrected chi connectivity index (χ4v) is 4.23. The summed E-state index contributed by atoms with van der Waals surface area (Å²) < 4.78 is 5.86. The molecule has 1 aromatic heterocycles. The number of aliphatic hydroxyl groups excluding tert-OH is 1. The first-order valence-electron chi connectivity index (χ1n) is 9.02. The average Bonchev–Trinajstić information content (AvgIpc) is 3.39. The molecule has 2 atom stereocenters. The number of aliphatic hydroxyl groups is 1. The molecular weight excluding hydrogens is 290 g/mol. The minimum atomic E-state index is -0.199. The molecule has 1 aliphatic heterocycles. The number of hydrogen-bond donors (Lipinski definition) is 1. The minimum Gasteiger partial charge on any atom is -0.392 e. The Kier molecular flexibility index (Phi) is 3.81. The van der Waals surface area contributed by atoms with Gasteiger partial charge in [0.15, 0.2) is 0 Å². The largest absolute Gasteiger partial charge is 0.392 e. The Labute approximate surface area is 138 Å². The van der Waals surface area contributed by atoms with Crippen molar-refractivity contribution < 1.29 is 9.84 Å². The van der Waals surface area contributed by atoms with Gasteiger partial charge in [-0.05, 0) is 39.5 Å². The highest BCUT2D eigenvalue weighted by Crippen LogP contribution is 2.51. The molecule has 0 unspecified atom stereocenters. The van der Waals surface area contributed by atoms with Crippen LogP contribution in [0.4, 0.5) is 5.82 Å². The molecule has 0 bridgehead atoms. The van der Waals surface area contributed by atoms with E-state index in [9.17, 15) is 5.11 Å². The van der Waals surface area contributed by atoms with Crippen molar-refractivity contribution in [1.82, 2.24) is 9.97 Å². The molecule has 1 aromatic rings. The fourth-order valence-electron chi connectivity index (χ4n) is 4.23.